The maximum absolute atomic E-state index is 12.7. The predicted octanol–water partition coefficient (Wildman–Crippen LogP) is 2.55. The Morgan fingerprint density at radius 2 is 2.23 bits per heavy atom. The van der Waals surface area contributed by atoms with Crippen molar-refractivity contribution in [2.45, 2.75) is 24.3 Å². The fourth-order valence-corrected chi connectivity index (χ4v) is 3.16. The van der Waals surface area contributed by atoms with Crippen molar-refractivity contribution in [2.75, 3.05) is 19.3 Å². The number of thioether (sulfide) groups is 1. The summed E-state index contributed by atoms with van der Waals surface area (Å²) in [7, 11) is 0. The third-order valence-electron chi connectivity index (χ3n) is 3.89. The normalized spacial score (nSPS) is 20.6. The average Bonchev–Trinajstić information content (AvgIpc) is 2.86. The van der Waals surface area contributed by atoms with Crippen molar-refractivity contribution in [3.05, 3.63) is 33.9 Å². The van der Waals surface area contributed by atoms with Crippen molar-refractivity contribution in [3.8, 4) is 0 Å². The Balaban J connectivity index is 0.00000242. The third kappa shape index (κ3) is 3.71. The Morgan fingerprint density at radius 3 is 2.73 bits per heavy atom. The van der Waals surface area contributed by atoms with Gasteiger partial charge in [-0.15, -0.1) is 24.2 Å². The monoisotopic (exact) mass is 345 g/mol. The Labute approximate surface area is 140 Å². The molecule has 0 bridgehead atoms. The van der Waals surface area contributed by atoms with E-state index in [2.05, 4.69) is 0 Å². The lowest BCUT2D eigenvalue weighted by Gasteiger charge is -2.21. The van der Waals surface area contributed by atoms with Crippen LogP contribution in [0.3, 0.4) is 0 Å². The molecule has 1 fully saturated rings. The molecule has 22 heavy (non-hydrogen) atoms. The topological polar surface area (TPSA) is 89.5 Å². The molecule has 122 valence electrons. The van der Waals surface area contributed by atoms with Crippen molar-refractivity contribution in [1.29, 1.82) is 0 Å². The predicted molar refractivity (Wildman–Crippen MR) is 89.8 cm³/mol. The van der Waals surface area contributed by atoms with Crippen LogP contribution in [0, 0.1) is 16.0 Å². The van der Waals surface area contributed by atoms with Crippen molar-refractivity contribution in [1.82, 2.24) is 4.90 Å². The molecule has 2 rings (SSSR count). The number of nitro benzene ring substituents is 1. The van der Waals surface area contributed by atoms with E-state index in [0.29, 0.717) is 13.1 Å². The van der Waals surface area contributed by atoms with Crippen LogP contribution < -0.4 is 5.73 Å². The molecule has 1 heterocycles. The first kappa shape index (κ1) is 18.7. The Kier molecular flexibility index (Phi) is 6.65. The summed E-state index contributed by atoms with van der Waals surface area (Å²) in [6, 6.07) is 4.73. The summed E-state index contributed by atoms with van der Waals surface area (Å²) in [6.07, 6.45) is 2.72. The number of nitrogens with two attached hydrogens (primary N) is 1. The van der Waals surface area contributed by atoms with Crippen LogP contribution >= 0.6 is 24.2 Å². The highest BCUT2D eigenvalue weighted by Gasteiger charge is 2.34. The van der Waals surface area contributed by atoms with Gasteiger partial charge in [0.1, 0.15) is 5.56 Å². The highest BCUT2D eigenvalue weighted by atomic mass is 35.5. The summed E-state index contributed by atoms with van der Waals surface area (Å²) in [5.41, 5.74) is 5.70. The standard InChI is InChI=1S/C14H19N3O3S.ClH/c1-9-5-10(7-15)8-16(9)14(18)12-6-11(21-2)3-4-13(12)17(19)20;/h3-4,6,9-10H,5,7-8,15H2,1-2H3;1H. The highest BCUT2D eigenvalue weighted by molar-refractivity contribution is 7.98. The summed E-state index contributed by atoms with van der Waals surface area (Å²) in [4.78, 5) is 25.9. The minimum absolute atomic E-state index is 0. The second kappa shape index (κ2) is 7.80. The molecule has 1 amide bonds. The molecule has 2 unspecified atom stereocenters. The van der Waals surface area contributed by atoms with E-state index in [1.807, 2.05) is 13.2 Å². The van der Waals surface area contributed by atoms with Gasteiger partial charge in [-0.1, -0.05) is 0 Å². The number of likely N-dealkylation sites (tertiary alicyclic amines) is 1. The molecule has 0 spiro atoms. The van der Waals surface area contributed by atoms with Crippen LogP contribution in [0.2, 0.25) is 0 Å². The Morgan fingerprint density at radius 1 is 1.55 bits per heavy atom. The number of nitrogens with zero attached hydrogens (tertiary/aromatic N) is 2. The zero-order valence-corrected chi connectivity index (χ0v) is 14.2. The lowest BCUT2D eigenvalue weighted by Crippen LogP contribution is -2.34. The van der Waals surface area contributed by atoms with Crippen LogP contribution in [0.5, 0.6) is 0 Å². The zero-order chi connectivity index (χ0) is 15.6. The molecule has 1 aromatic carbocycles. The third-order valence-corrected chi connectivity index (χ3v) is 4.61. The van der Waals surface area contributed by atoms with Gasteiger partial charge in [-0.2, -0.15) is 0 Å². The van der Waals surface area contributed by atoms with Crippen LogP contribution in [0.1, 0.15) is 23.7 Å². The van der Waals surface area contributed by atoms with Gasteiger partial charge in [-0.3, -0.25) is 14.9 Å². The molecular weight excluding hydrogens is 326 g/mol. The van der Waals surface area contributed by atoms with Crippen molar-refractivity contribution >= 4 is 35.8 Å². The summed E-state index contributed by atoms with van der Waals surface area (Å²) >= 11 is 1.46. The van der Waals surface area contributed by atoms with Gasteiger partial charge in [0.25, 0.3) is 11.6 Å². The maximum atomic E-state index is 12.7. The first-order valence-electron chi connectivity index (χ1n) is 6.81. The van der Waals surface area contributed by atoms with Gasteiger partial charge in [-0.25, -0.2) is 0 Å². The number of halogens is 1. The smallest absolute Gasteiger partial charge is 0.282 e. The first-order chi connectivity index (χ1) is 9.97. The molecule has 0 radical (unpaired) electrons. The lowest BCUT2D eigenvalue weighted by molar-refractivity contribution is -0.385. The maximum Gasteiger partial charge on any atom is 0.282 e. The number of amides is 1. The van der Waals surface area contributed by atoms with Crippen molar-refractivity contribution in [2.24, 2.45) is 11.7 Å². The summed E-state index contributed by atoms with van der Waals surface area (Å²) in [5, 5.41) is 11.2. The van der Waals surface area contributed by atoms with Crippen LogP contribution in [-0.2, 0) is 0 Å². The second-order valence-electron chi connectivity index (χ2n) is 5.28. The van der Waals surface area contributed by atoms with Gasteiger partial charge in [0.15, 0.2) is 0 Å². The summed E-state index contributed by atoms with van der Waals surface area (Å²) in [6.45, 7) is 3.05. The quantitative estimate of drug-likeness (QED) is 0.514. The minimum Gasteiger partial charge on any atom is -0.335 e. The fraction of sp³-hybridized carbons (Fsp3) is 0.500. The lowest BCUT2D eigenvalue weighted by atomic mass is 10.1. The number of rotatable bonds is 4. The SMILES string of the molecule is CSc1ccc([N+](=O)[O-])c(C(=O)N2CC(CN)CC2C)c1.Cl. The molecule has 2 atom stereocenters. The number of carbonyl (C=O) groups excluding carboxylic acids is 1. The van der Waals surface area contributed by atoms with Crippen LogP contribution in [-0.4, -0.2) is 41.1 Å². The molecule has 6 nitrogen and oxygen atoms in total. The molecule has 1 saturated heterocycles. The van der Waals surface area contributed by atoms with Gasteiger partial charge in [-0.05, 0) is 44.2 Å². The second-order valence-corrected chi connectivity index (χ2v) is 6.16. The van der Waals surface area contributed by atoms with E-state index < -0.39 is 4.92 Å². The highest BCUT2D eigenvalue weighted by Crippen LogP contribution is 2.30. The molecule has 8 heteroatoms. The number of hydrogen-bond acceptors (Lipinski definition) is 5. The number of carbonyl (C=O) groups is 1. The van der Waals surface area contributed by atoms with E-state index in [4.69, 9.17) is 5.73 Å². The van der Waals surface area contributed by atoms with Crippen molar-refractivity contribution < 1.29 is 9.72 Å². The molecule has 0 aliphatic carbocycles. The molecular formula is C14H20ClN3O3S. The van der Waals surface area contributed by atoms with E-state index in [9.17, 15) is 14.9 Å². The van der Waals surface area contributed by atoms with Gasteiger partial charge >= 0.3 is 0 Å². The molecule has 1 aliphatic rings. The van der Waals surface area contributed by atoms with E-state index in [0.717, 1.165) is 11.3 Å². The summed E-state index contributed by atoms with van der Waals surface area (Å²) < 4.78 is 0. The number of benzene rings is 1. The van der Waals surface area contributed by atoms with Gasteiger partial charge < -0.3 is 10.6 Å². The number of hydrogen-bond donors (Lipinski definition) is 1. The Hall–Kier alpha value is -1.31. The van der Waals surface area contributed by atoms with E-state index in [-0.39, 0.29) is 41.5 Å². The summed E-state index contributed by atoms with van der Waals surface area (Å²) in [5.74, 6) is -0.00668. The fourth-order valence-electron chi connectivity index (χ4n) is 2.72. The van der Waals surface area contributed by atoms with Gasteiger partial charge in [0, 0.05) is 23.5 Å². The zero-order valence-electron chi connectivity index (χ0n) is 12.5. The first-order valence-corrected chi connectivity index (χ1v) is 8.03. The Bertz CT molecular complexity index is 570. The van der Waals surface area contributed by atoms with E-state index >= 15 is 0 Å². The van der Waals surface area contributed by atoms with Crippen molar-refractivity contribution in [3.63, 3.8) is 0 Å². The van der Waals surface area contributed by atoms with Gasteiger partial charge in [0.2, 0.25) is 0 Å². The molecule has 1 aliphatic heterocycles. The number of nitro groups is 1. The minimum atomic E-state index is -0.501. The molecule has 0 aromatic heterocycles. The van der Waals surface area contributed by atoms with E-state index in [1.54, 1.807) is 17.0 Å². The molecule has 1 aromatic rings. The van der Waals surface area contributed by atoms with Crippen LogP contribution in [0.25, 0.3) is 0 Å². The van der Waals surface area contributed by atoms with Crippen LogP contribution in [0.15, 0.2) is 23.1 Å². The largest absolute Gasteiger partial charge is 0.335 e. The van der Waals surface area contributed by atoms with Gasteiger partial charge in [0.05, 0.1) is 4.92 Å². The molecule has 2 N–H and O–H groups in total. The average molecular weight is 346 g/mol. The molecule has 0 saturated carbocycles. The van der Waals surface area contributed by atoms with E-state index in [1.165, 1.54) is 17.8 Å². The van der Waals surface area contributed by atoms with Crippen LogP contribution in [0.4, 0.5) is 5.69 Å².